The third kappa shape index (κ3) is 7.58. The molecule has 186 valence electrons. The first-order chi connectivity index (χ1) is 16.8. The summed E-state index contributed by atoms with van der Waals surface area (Å²) in [5, 5.41) is 13.7. The van der Waals surface area contributed by atoms with Crippen LogP contribution in [0.5, 0.6) is 5.75 Å². The normalized spacial score (nSPS) is 14.7. The molecule has 0 spiro atoms. The third-order valence-corrected chi connectivity index (χ3v) is 6.67. The average molecular weight is 473 g/mol. The van der Waals surface area contributed by atoms with Crippen molar-refractivity contribution >= 4 is 5.69 Å². The van der Waals surface area contributed by atoms with Gasteiger partial charge < -0.3 is 15.2 Å². The number of aliphatic hydroxyl groups is 1. The fourth-order valence-corrected chi connectivity index (χ4v) is 4.32. The molecule has 1 aliphatic rings. The lowest BCUT2D eigenvalue weighted by Crippen LogP contribution is -2.27. The number of para-hydroxylation sites is 1. The number of benzene rings is 3. The van der Waals surface area contributed by atoms with Gasteiger partial charge in [-0.3, -0.25) is 4.90 Å². The van der Waals surface area contributed by atoms with Crippen LogP contribution in [0.15, 0.2) is 72.8 Å². The Morgan fingerprint density at radius 1 is 0.943 bits per heavy atom. The number of nitrogens with one attached hydrogen (secondary N) is 1. The molecular formula is C31H40N2O2. The van der Waals surface area contributed by atoms with E-state index in [9.17, 15) is 5.11 Å². The Morgan fingerprint density at radius 3 is 2.34 bits per heavy atom. The van der Waals surface area contributed by atoms with Crippen LogP contribution in [0.4, 0.5) is 5.69 Å². The molecule has 4 heteroatoms. The number of hydrogen-bond acceptors (Lipinski definition) is 4. The molecule has 0 aliphatic heterocycles. The molecule has 4 rings (SSSR count). The van der Waals surface area contributed by atoms with Crippen molar-refractivity contribution in [3.63, 3.8) is 0 Å². The van der Waals surface area contributed by atoms with Gasteiger partial charge in [0, 0.05) is 31.4 Å². The predicted octanol–water partition coefficient (Wildman–Crippen LogP) is 6.31. The van der Waals surface area contributed by atoms with Crippen molar-refractivity contribution in [3.05, 3.63) is 95.1 Å². The van der Waals surface area contributed by atoms with Gasteiger partial charge in [-0.1, -0.05) is 75.4 Å². The van der Waals surface area contributed by atoms with Crippen molar-refractivity contribution in [2.75, 3.05) is 18.5 Å². The maximum atomic E-state index is 10.4. The molecule has 1 saturated carbocycles. The van der Waals surface area contributed by atoms with Gasteiger partial charge in [-0.2, -0.15) is 0 Å². The highest BCUT2D eigenvalue weighted by Crippen LogP contribution is 2.31. The smallest absolute Gasteiger partial charge is 0.119 e. The second kappa shape index (κ2) is 11.3. The second-order valence-corrected chi connectivity index (χ2v) is 10.9. The topological polar surface area (TPSA) is 44.7 Å². The van der Waals surface area contributed by atoms with Gasteiger partial charge in [0.15, 0.2) is 0 Å². The lowest BCUT2D eigenvalue weighted by Gasteiger charge is -2.24. The fourth-order valence-electron chi connectivity index (χ4n) is 4.32. The molecule has 3 aromatic rings. The summed E-state index contributed by atoms with van der Waals surface area (Å²) in [6.45, 7) is 11.4. The molecule has 1 fully saturated rings. The summed E-state index contributed by atoms with van der Waals surface area (Å²) in [6, 6.07) is 26.2. The summed E-state index contributed by atoms with van der Waals surface area (Å²) in [4.78, 5) is 2.58. The van der Waals surface area contributed by atoms with E-state index in [2.05, 4.69) is 80.4 Å². The molecular weight excluding hydrogens is 432 g/mol. The van der Waals surface area contributed by atoms with Crippen LogP contribution in [0.3, 0.4) is 0 Å². The van der Waals surface area contributed by atoms with Crippen LogP contribution in [-0.2, 0) is 18.5 Å². The fraction of sp³-hybridized carbons (Fsp3) is 0.419. The minimum Gasteiger partial charge on any atom is -0.491 e. The van der Waals surface area contributed by atoms with Gasteiger partial charge in [0.2, 0.25) is 0 Å². The lowest BCUT2D eigenvalue weighted by molar-refractivity contribution is 0.117. The second-order valence-electron chi connectivity index (χ2n) is 10.9. The van der Waals surface area contributed by atoms with Crippen molar-refractivity contribution in [2.45, 2.75) is 71.2 Å². The monoisotopic (exact) mass is 472 g/mol. The Hall–Kier alpha value is -2.82. The quantitative estimate of drug-likeness (QED) is 0.343. The zero-order valence-corrected chi connectivity index (χ0v) is 21.6. The molecule has 2 N–H and O–H groups in total. The number of nitrogens with zero attached hydrogens (tertiary/aromatic N) is 1. The molecule has 0 saturated heterocycles. The van der Waals surface area contributed by atoms with Crippen LogP contribution in [0, 0.1) is 6.92 Å². The van der Waals surface area contributed by atoms with Crippen LogP contribution in [0.25, 0.3) is 0 Å². The molecule has 0 aromatic heterocycles. The molecule has 3 aromatic carbocycles. The first-order valence-electron chi connectivity index (χ1n) is 12.8. The van der Waals surface area contributed by atoms with Gasteiger partial charge in [0.25, 0.3) is 0 Å². The number of aliphatic hydroxyl groups excluding tert-OH is 1. The molecule has 0 radical (unpaired) electrons. The maximum Gasteiger partial charge on any atom is 0.119 e. The van der Waals surface area contributed by atoms with Crippen molar-refractivity contribution in [1.82, 2.24) is 4.90 Å². The van der Waals surface area contributed by atoms with Crippen LogP contribution in [0.2, 0.25) is 0 Å². The minimum absolute atomic E-state index is 0.180. The first-order valence-corrected chi connectivity index (χ1v) is 12.8. The van der Waals surface area contributed by atoms with Gasteiger partial charge in [-0.05, 0) is 65.6 Å². The third-order valence-electron chi connectivity index (χ3n) is 6.67. The van der Waals surface area contributed by atoms with Crippen molar-refractivity contribution < 1.29 is 9.84 Å². The summed E-state index contributed by atoms with van der Waals surface area (Å²) >= 11 is 0. The van der Waals surface area contributed by atoms with E-state index in [0.29, 0.717) is 12.6 Å². The highest BCUT2D eigenvalue weighted by atomic mass is 16.5. The van der Waals surface area contributed by atoms with Crippen LogP contribution < -0.4 is 10.1 Å². The number of ether oxygens (including phenoxy) is 1. The van der Waals surface area contributed by atoms with E-state index in [1.54, 1.807) is 0 Å². The number of aryl methyl sites for hydroxylation is 1. The molecule has 0 heterocycles. The first kappa shape index (κ1) is 25.3. The standard InChI is InChI=1S/C31H40N2O2/c1-23-8-5-6-11-30(23)32-19-28(34)22-35-29-10-7-9-25(18-29)21-33(27-16-17-27)20-24-12-14-26(15-13-24)31(2,3)4/h5-15,18,27-28,32,34H,16-17,19-22H2,1-4H3. The van der Waals surface area contributed by atoms with Gasteiger partial charge >= 0.3 is 0 Å². The van der Waals surface area contributed by atoms with E-state index in [1.807, 2.05) is 30.3 Å². The molecule has 1 unspecified atom stereocenters. The van der Waals surface area contributed by atoms with Crippen LogP contribution >= 0.6 is 0 Å². The summed E-state index contributed by atoms with van der Waals surface area (Å²) in [5.74, 6) is 0.808. The Morgan fingerprint density at radius 2 is 1.66 bits per heavy atom. The Balaban J connectivity index is 1.30. The zero-order valence-electron chi connectivity index (χ0n) is 21.6. The summed E-state index contributed by atoms with van der Waals surface area (Å²) in [5.41, 5.74) is 6.37. The number of rotatable bonds is 11. The Labute approximate surface area is 211 Å². The summed E-state index contributed by atoms with van der Waals surface area (Å²) < 4.78 is 5.94. The lowest BCUT2D eigenvalue weighted by atomic mass is 9.87. The van der Waals surface area contributed by atoms with E-state index in [0.717, 1.165) is 24.5 Å². The molecule has 0 bridgehead atoms. The molecule has 4 nitrogen and oxygen atoms in total. The van der Waals surface area contributed by atoms with Gasteiger partial charge in [0.05, 0.1) is 0 Å². The van der Waals surface area contributed by atoms with E-state index in [-0.39, 0.29) is 12.0 Å². The van der Waals surface area contributed by atoms with Gasteiger partial charge in [-0.15, -0.1) is 0 Å². The number of hydrogen-bond donors (Lipinski definition) is 2. The Kier molecular flexibility index (Phi) is 8.15. The van der Waals surface area contributed by atoms with E-state index in [4.69, 9.17) is 4.74 Å². The number of anilines is 1. The van der Waals surface area contributed by atoms with Crippen molar-refractivity contribution in [1.29, 1.82) is 0 Å². The zero-order chi connectivity index (χ0) is 24.8. The van der Waals surface area contributed by atoms with Crippen LogP contribution in [-0.4, -0.2) is 35.3 Å². The summed E-state index contributed by atoms with van der Waals surface area (Å²) in [6.07, 6.45) is 1.96. The molecule has 35 heavy (non-hydrogen) atoms. The van der Waals surface area contributed by atoms with Crippen molar-refractivity contribution in [2.24, 2.45) is 0 Å². The maximum absolute atomic E-state index is 10.4. The van der Waals surface area contributed by atoms with E-state index < -0.39 is 6.10 Å². The van der Waals surface area contributed by atoms with E-state index in [1.165, 1.54) is 35.1 Å². The molecule has 0 amide bonds. The minimum atomic E-state index is -0.586. The largest absolute Gasteiger partial charge is 0.491 e. The van der Waals surface area contributed by atoms with Gasteiger partial charge in [0.1, 0.15) is 18.5 Å². The van der Waals surface area contributed by atoms with Gasteiger partial charge in [-0.25, -0.2) is 0 Å². The summed E-state index contributed by atoms with van der Waals surface area (Å²) in [7, 11) is 0. The Bertz CT molecular complexity index is 1080. The van der Waals surface area contributed by atoms with E-state index >= 15 is 0 Å². The average Bonchev–Trinajstić information content (AvgIpc) is 3.67. The van der Waals surface area contributed by atoms with Crippen molar-refractivity contribution in [3.8, 4) is 5.75 Å². The molecule has 1 atom stereocenters. The SMILES string of the molecule is Cc1ccccc1NCC(O)COc1cccc(CN(Cc2ccc(C(C)(C)C)cc2)C2CC2)c1. The predicted molar refractivity (Wildman–Crippen MR) is 145 cm³/mol. The molecule has 1 aliphatic carbocycles. The highest BCUT2D eigenvalue weighted by Gasteiger charge is 2.29. The van der Waals surface area contributed by atoms with Crippen LogP contribution in [0.1, 0.15) is 55.9 Å². The highest BCUT2D eigenvalue weighted by molar-refractivity contribution is 5.50.